The fraction of sp³-hybridized carbons (Fsp3) is 0.400. The van der Waals surface area contributed by atoms with Crippen LogP contribution >= 0.6 is 26.8 Å². The Morgan fingerprint density at radius 1 is 1.00 bits per heavy atom. The minimum absolute atomic E-state index is 0.00560. The predicted molar refractivity (Wildman–Crippen MR) is 73.4 cm³/mol. The van der Waals surface area contributed by atoms with Crippen LogP contribution in [-0.2, 0) is 15.6 Å². The first-order valence-corrected chi connectivity index (χ1v) is 9.16. The van der Waals surface area contributed by atoms with Gasteiger partial charge in [-0.25, -0.2) is 0 Å². The monoisotopic (exact) mass is 344 g/mol. The van der Waals surface area contributed by atoms with Crippen LogP contribution in [0.2, 0.25) is 5.02 Å². The van der Waals surface area contributed by atoms with E-state index in [-0.39, 0.29) is 6.42 Å². The quantitative estimate of drug-likeness (QED) is 0.495. The Bertz CT molecular complexity index is 525. The maximum atomic E-state index is 11.1. The van der Waals surface area contributed by atoms with Crippen LogP contribution in [0.4, 0.5) is 0 Å². The molecular formula is C10H15ClO7P2. The summed E-state index contributed by atoms with van der Waals surface area (Å²) in [6, 6.07) is 6.59. The summed E-state index contributed by atoms with van der Waals surface area (Å²) in [6.07, 6.45) is -0.433. The van der Waals surface area contributed by atoms with Crippen molar-refractivity contribution in [2.45, 2.75) is 24.3 Å². The maximum absolute atomic E-state index is 11.1. The summed E-state index contributed by atoms with van der Waals surface area (Å²) in [5, 5.41) is 6.84. The molecule has 1 rings (SSSR count). The van der Waals surface area contributed by atoms with Gasteiger partial charge in [0.25, 0.3) is 5.08 Å². The van der Waals surface area contributed by atoms with E-state index in [0.717, 1.165) is 5.56 Å². The summed E-state index contributed by atoms with van der Waals surface area (Å²) in [5.41, 5.74) is 0.771. The summed E-state index contributed by atoms with van der Waals surface area (Å²) >= 11 is 5.69. The largest absolute Gasteiger partial charge is 0.369 e. The van der Waals surface area contributed by atoms with Gasteiger partial charge in [-0.3, -0.25) is 9.13 Å². The standard InChI is InChI=1S/C10H15ClO7P2/c11-9-5-3-8(4-6-9)2-1-7-10(12,19(13,14)15)20(16,17)18/h3-6,12H,1-2,7H2,(H2,13,14,15)(H2,16,17,18). The van der Waals surface area contributed by atoms with Gasteiger partial charge in [0.15, 0.2) is 0 Å². The van der Waals surface area contributed by atoms with E-state index in [1.165, 1.54) is 0 Å². The molecule has 0 aromatic heterocycles. The van der Waals surface area contributed by atoms with E-state index in [1.807, 2.05) is 0 Å². The first kappa shape index (κ1) is 17.8. The molecule has 1 aromatic rings. The number of hydrogen-bond donors (Lipinski definition) is 5. The molecule has 0 saturated heterocycles. The van der Waals surface area contributed by atoms with Gasteiger partial charge in [0.2, 0.25) is 0 Å². The Hall–Kier alpha value is -0.230. The Morgan fingerprint density at radius 3 is 1.85 bits per heavy atom. The van der Waals surface area contributed by atoms with Gasteiger partial charge in [0.1, 0.15) is 0 Å². The summed E-state index contributed by atoms with van der Waals surface area (Å²) in [5.74, 6) is 0. The SMILES string of the molecule is O=P(O)(O)C(O)(CCCc1ccc(Cl)cc1)P(=O)(O)O. The second-order valence-electron chi connectivity index (χ2n) is 4.34. The van der Waals surface area contributed by atoms with Crippen molar-refractivity contribution in [2.75, 3.05) is 0 Å². The van der Waals surface area contributed by atoms with Crippen LogP contribution in [0.1, 0.15) is 18.4 Å². The smallest absolute Gasteiger partial charge is 0.368 e. The number of halogens is 1. The van der Waals surface area contributed by atoms with Crippen LogP contribution in [0.15, 0.2) is 24.3 Å². The number of benzene rings is 1. The van der Waals surface area contributed by atoms with Crippen molar-refractivity contribution in [1.29, 1.82) is 0 Å². The molecule has 0 fully saturated rings. The van der Waals surface area contributed by atoms with Crippen LogP contribution < -0.4 is 0 Å². The molecule has 0 amide bonds. The molecule has 0 spiro atoms. The second kappa shape index (κ2) is 6.26. The Kier molecular flexibility index (Phi) is 5.58. The zero-order valence-corrected chi connectivity index (χ0v) is 12.8. The Morgan fingerprint density at radius 2 is 1.45 bits per heavy atom. The van der Waals surface area contributed by atoms with Crippen LogP contribution in [0.5, 0.6) is 0 Å². The van der Waals surface area contributed by atoms with Crippen LogP contribution in [0, 0.1) is 0 Å². The molecule has 114 valence electrons. The second-order valence-corrected chi connectivity index (χ2v) is 8.79. The lowest BCUT2D eigenvalue weighted by Crippen LogP contribution is -2.28. The van der Waals surface area contributed by atoms with Gasteiger partial charge in [-0.1, -0.05) is 23.7 Å². The lowest BCUT2D eigenvalue weighted by molar-refractivity contribution is 0.121. The Labute approximate surface area is 120 Å². The van der Waals surface area contributed by atoms with Crippen molar-refractivity contribution < 1.29 is 33.8 Å². The van der Waals surface area contributed by atoms with E-state index >= 15 is 0 Å². The molecule has 7 nitrogen and oxygen atoms in total. The summed E-state index contributed by atoms with van der Waals surface area (Å²) in [6.45, 7) is 0. The highest BCUT2D eigenvalue weighted by atomic mass is 35.5. The third-order valence-corrected chi connectivity index (χ3v) is 6.95. The zero-order valence-electron chi connectivity index (χ0n) is 10.3. The number of rotatable bonds is 6. The fourth-order valence-corrected chi connectivity index (χ4v) is 4.02. The summed E-state index contributed by atoms with van der Waals surface area (Å²) in [4.78, 5) is 35.8. The maximum Gasteiger partial charge on any atom is 0.369 e. The minimum atomic E-state index is -5.37. The molecule has 0 heterocycles. The first-order valence-electron chi connectivity index (χ1n) is 5.55. The van der Waals surface area contributed by atoms with Crippen LogP contribution in [0.3, 0.4) is 0 Å². The molecule has 0 aliphatic rings. The number of aliphatic hydroxyl groups is 1. The van der Waals surface area contributed by atoms with E-state index < -0.39 is 26.7 Å². The average Bonchev–Trinajstić information content (AvgIpc) is 2.28. The Balaban J connectivity index is 2.77. The molecular weight excluding hydrogens is 330 g/mol. The third-order valence-electron chi connectivity index (χ3n) is 2.82. The minimum Gasteiger partial charge on any atom is -0.368 e. The zero-order chi connectivity index (χ0) is 15.6. The third kappa shape index (κ3) is 4.13. The van der Waals surface area contributed by atoms with Crippen molar-refractivity contribution in [3.63, 3.8) is 0 Å². The lowest BCUT2D eigenvalue weighted by atomic mass is 10.1. The van der Waals surface area contributed by atoms with Crippen LogP contribution in [-0.4, -0.2) is 29.8 Å². The molecule has 0 atom stereocenters. The summed E-state index contributed by atoms with van der Waals surface area (Å²) in [7, 11) is -10.7. The van der Waals surface area contributed by atoms with Gasteiger partial charge in [-0.05, 0) is 30.5 Å². The molecule has 20 heavy (non-hydrogen) atoms. The van der Waals surface area contributed by atoms with Gasteiger partial charge < -0.3 is 24.7 Å². The normalized spacial score (nSPS) is 13.5. The average molecular weight is 345 g/mol. The molecule has 0 unspecified atom stereocenters. The topological polar surface area (TPSA) is 135 Å². The molecule has 0 aliphatic heterocycles. The predicted octanol–water partition coefficient (Wildman–Crippen LogP) is 1.66. The van der Waals surface area contributed by atoms with Gasteiger partial charge in [0, 0.05) is 11.4 Å². The van der Waals surface area contributed by atoms with E-state index in [4.69, 9.17) is 31.2 Å². The highest BCUT2D eigenvalue weighted by Gasteiger charge is 2.58. The van der Waals surface area contributed by atoms with Crippen molar-refractivity contribution in [3.05, 3.63) is 34.9 Å². The fourth-order valence-electron chi connectivity index (χ4n) is 1.64. The molecule has 1 aromatic carbocycles. The van der Waals surface area contributed by atoms with Crippen molar-refractivity contribution in [2.24, 2.45) is 0 Å². The molecule has 0 saturated carbocycles. The van der Waals surface area contributed by atoms with Gasteiger partial charge >= 0.3 is 15.2 Å². The molecule has 10 heteroatoms. The summed E-state index contributed by atoms with van der Waals surface area (Å²) < 4.78 is 22.2. The molecule has 5 N–H and O–H groups in total. The van der Waals surface area contributed by atoms with Gasteiger partial charge in [-0.2, -0.15) is 0 Å². The van der Waals surface area contributed by atoms with Crippen LogP contribution in [0.25, 0.3) is 0 Å². The van der Waals surface area contributed by atoms with Crippen molar-refractivity contribution in [1.82, 2.24) is 0 Å². The van der Waals surface area contributed by atoms with Crippen molar-refractivity contribution in [3.8, 4) is 0 Å². The van der Waals surface area contributed by atoms with Gasteiger partial charge in [0.05, 0.1) is 0 Å². The molecule has 0 aliphatic carbocycles. The highest BCUT2D eigenvalue weighted by Crippen LogP contribution is 2.69. The van der Waals surface area contributed by atoms with E-state index in [2.05, 4.69) is 0 Å². The highest BCUT2D eigenvalue weighted by molar-refractivity contribution is 7.72. The van der Waals surface area contributed by atoms with E-state index in [1.54, 1.807) is 24.3 Å². The number of aryl methyl sites for hydroxylation is 1. The van der Waals surface area contributed by atoms with E-state index in [0.29, 0.717) is 11.4 Å². The van der Waals surface area contributed by atoms with Crippen molar-refractivity contribution >= 4 is 26.8 Å². The molecule has 0 bridgehead atoms. The van der Waals surface area contributed by atoms with E-state index in [9.17, 15) is 14.2 Å². The lowest BCUT2D eigenvalue weighted by Gasteiger charge is -2.29. The number of hydrogen-bond acceptors (Lipinski definition) is 3. The van der Waals surface area contributed by atoms with Gasteiger partial charge in [-0.15, -0.1) is 0 Å². The molecule has 0 radical (unpaired) electrons. The first-order chi connectivity index (χ1) is 8.97.